The Morgan fingerprint density at radius 3 is 2.24 bits per heavy atom. The highest BCUT2D eigenvalue weighted by atomic mass is 35.5. The fourth-order valence-electron chi connectivity index (χ4n) is 2.75. The molecule has 1 aromatic rings. The quantitative estimate of drug-likeness (QED) is 0.756. The van der Waals surface area contributed by atoms with E-state index in [4.69, 9.17) is 0 Å². The van der Waals surface area contributed by atoms with Crippen LogP contribution in [-0.2, 0) is 6.04 Å². The van der Waals surface area contributed by atoms with Crippen LogP contribution in [0.4, 0.5) is 0 Å². The highest BCUT2D eigenvalue weighted by Gasteiger charge is 2.25. The van der Waals surface area contributed by atoms with Crippen LogP contribution in [0, 0.1) is 0 Å². The molecule has 0 spiro atoms. The van der Waals surface area contributed by atoms with Crippen LogP contribution in [0.25, 0.3) is 0 Å². The van der Waals surface area contributed by atoms with Gasteiger partial charge >= 0.3 is 0 Å². The van der Waals surface area contributed by atoms with E-state index in [-0.39, 0.29) is 12.4 Å². The zero-order chi connectivity index (χ0) is 11.4. The van der Waals surface area contributed by atoms with Crippen molar-refractivity contribution < 1.29 is 0 Å². The van der Waals surface area contributed by atoms with Gasteiger partial charge in [0.05, 0.1) is 8.07 Å². The molecule has 1 heterocycles. The van der Waals surface area contributed by atoms with Crippen molar-refractivity contribution in [3.05, 3.63) is 35.9 Å². The standard InChI is InChI=1S/C14H23NSi.ClH/c1-16(2,13-15-10-6-7-11-15)12-14-8-4-3-5-9-14;/h3-5,8-9H,6-7,10-13H2,1-2H3;1H. The number of nitrogens with zero attached hydrogens (tertiary/aromatic N) is 1. The minimum absolute atomic E-state index is 0. The second-order valence-electron chi connectivity index (χ2n) is 5.81. The maximum Gasteiger partial charge on any atom is 0.0672 e. The first-order chi connectivity index (χ1) is 7.66. The molecule has 0 atom stereocenters. The smallest absolute Gasteiger partial charge is 0.0672 e. The predicted molar refractivity (Wildman–Crippen MR) is 80.6 cm³/mol. The summed E-state index contributed by atoms with van der Waals surface area (Å²) in [7, 11) is -1.08. The molecule has 1 aliphatic heterocycles. The fraction of sp³-hybridized carbons (Fsp3) is 0.571. The van der Waals surface area contributed by atoms with Crippen molar-refractivity contribution in [2.24, 2.45) is 0 Å². The number of benzene rings is 1. The van der Waals surface area contributed by atoms with E-state index in [1.165, 1.54) is 43.7 Å². The monoisotopic (exact) mass is 269 g/mol. The Kier molecular flexibility index (Phi) is 5.70. The molecule has 0 N–H and O–H groups in total. The number of hydrogen-bond acceptors (Lipinski definition) is 1. The molecule has 2 rings (SSSR count). The summed E-state index contributed by atoms with van der Waals surface area (Å²) < 4.78 is 0. The Bertz CT molecular complexity index is 320. The number of rotatable bonds is 4. The minimum Gasteiger partial charge on any atom is -0.306 e. The predicted octanol–water partition coefficient (Wildman–Crippen LogP) is 3.53. The Morgan fingerprint density at radius 1 is 1.06 bits per heavy atom. The van der Waals surface area contributed by atoms with E-state index in [0.717, 1.165) is 0 Å². The molecule has 1 nitrogen and oxygen atoms in total. The molecule has 1 fully saturated rings. The summed E-state index contributed by atoms with van der Waals surface area (Å²) in [6.45, 7) is 7.73. The molecule has 0 radical (unpaired) electrons. The van der Waals surface area contributed by atoms with E-state index >= 15 is 0 Å². The van der Waals surface area contributed by atoms with E-state index in [1.54, 1.807) is 0 Å². The van der Waals surface area contributed by atoms with Gasteiger partial charge in [-0.25, -0.2) is 0 Å². The van der Waals surface area contributed by atoms with Crippen LogP contribution >= 0.6 is 12.4 Å². The van der Waals surface area contributed by atoms with Crippen molar-refractivity contribution in [3.63, 3.8) is 0 Å². The number of likely N-dealkylation sites (tertiary alicyclic amines) is 1. The highest BCUT2D eigenvalue weighted by molar-refractivity contribution is 6.77. The van der Waals surface area contributed by atoms with Crippen molar-refractivity contribution in [2.45, 2.75) is 32.0 Å². The Morgan fingerprint density at radius 2 is 1.65 bits per heavy atom. The van der Waals surface area contributed by atoms with E-state index < -0.39 is 8.07 Å². The van der Waals surface area contributed by atoms with Gasteiger partial charge in [0.25, 0.3) is 0 Å². The molecule has 0 saturated carbocycles. The summed E-state index contributed by atoms with van der Waals surface area (Å²) >= 11 is 0. The van der Waals surface area contributed by atoms with Crippen LogP contribution in [0.5, 0.6) is 0 Å². The molecule has 1 saturated heterocycles. The van der Waals surface area contributed by atoms with Crippen molar-refractivity contribution in [2.75, 3.05) is 19.3 Å². The molecule has 1 aromatic carbocycles. The lowest BCUT2D eigenvalue weighted by Crippen LogP contribution is -2.43. The van der Waals surface area contributed by atoms with Crippen molar-refractivity contribution in [3.8, 4) is 0 Å². The number of halogens is 1. The number of hydrogen-bond donors (Lipinski definition) is 0. The summed E-state index contributed by atoms with van der Waals surface area (Å²) in [5.74, 6) is 0. The van der Waals surface area contributed by atoms with Gasteiger partial charge in [-0.2, -0.15) is 0 Å². The van der Waals surface area contributed by atoms with Crippen LogP contribution in [0.2, 0.25) is 13.1 Å². The topological polar surface area (TPSA) is 3.24 Å². The molecule has 3 heteroatoms. The zero-order valence-corrected chi connectivity index (χ0v) is 12.8. The van der Waals surface area contributed by atoms with Gasteiger partial charge in [-0.1, -0.05) is 49.0 Å². The summed E-state index contributed by atoms with van der Waals surface area (Å²) in [4.78, 5) is 2.68. The van der Waals surface area contributed by atoms with Crippen LogP contribution in [0.1, 0.15) is 18.4 Å². The lowest BCUT2D eigenvalue weighted by atomic mass is 10.2. The molecule has 0 aromatic heterocycles. The van der Waals surface area contributed by atoms with Crippen LogP contribution in [-0.4, -0.2) is 32.2 Å². The Hall–Kier alpha value is -0.313. The van der Waals surface area contributed by atoms with Crippen molar-refractivity contribution in [1.29, 1.82) is 0 Å². The first-order valence-corrected chi connectivity index (χ1v) is 9.83. The summed E-state index contributed by atoms with van der Waals surface area (Å²) in [6.07, 6.45) is 4.20. The van der Waals surface area contributed by atoms with Gasteiger partial charge in [-0.05, 0) is 38.1 Å². The molecule has 0 unspecified atom stereocenters. The minimum atomic E-state index is -1.08. The average Bonchev–Trinajstić information content (AvgIpc) is 2.70. The molecule has 0 bridgehead atoms. The molecule has 96 valence electrons. The van der Waals surface area contributed by atoms with Gasteiger partial charge < -0.3 is 4.90 Å². The maximum absolute atomic E-state index is 2.68. The third kappa shape index (κ3) is 4.82. The van der Waals surface area contributed by atoms with E-state index in [9.17, 15) is 0 Å². The van der Waals surface area contributed by atoms with Gasteiger partial charge in [0.1, 0.15) is 0 Å². The molecule has 17 heavy (non-hydrogen) atoms. The fourth-order valence-corrected chi connectivity index (χ4v) is 5.73. The highest BCUT2D eigenvalue weighted by Crippen LogP contribution is 2.16. The lowest BCUT2D eigenvalue weighted by molar-refractivity contribution is 0.388. The zero-order valence-electron chi connectivity index (χ0n) is 11.0. The Balaban J connectivity index is 0.00000144. The second kappa shape index (κ2) is 6.57. The molecule has 0 aliphatic carbocycles. The van der Waals surface area contributed by atoms with Crippen molar-refractivity contribution >= 4 is 20.5 Å². The summed E-state index contributed by atoms with van der Waals surface area (Å²) in [6, 6.07) is 12.3. The lowest BCUT2D eigenvalue weighted by Gasteiger charge is -2.28. The summed E-state index contributed by atoms with van der Waals surface area (Å²) in [5, 5.41) is 0. The van der Waals surface area contributed by atoms with E-state index in [0.29, 0.717) is 0 Å². The Labute approximate surface area is 113 Å². The first-order valence-electron chi connectivity index (χ1n) is 6.42. The molecule has 0 amide bonds. The molecular weight excluding hydrogens is 246 g/mol. The van der Waals surface area contributed by atoms with Crippen LogP contribution in [0.3, 0.4) is 0 Å². The normalized spacial score (nSPS) is 16.8. The van der Waals surface area contributed by atoms with E-state index in [2.05, 4.69) is 48.3 Å². The molecule has 1 aliphatic rings. The van der Waals surface area contributed by atoms with Crippen LogP contribution < -0.4 is 0 Å². The average molecular weight is 270 g/mol. The van der Waals surface area contributed by atoms with Gasteiger partial charge in [-0.15, -0.1) is 12.4 Å². The summed E-state index contributed by atoms with van der Waals surface area (Å²) in [5.41, 5.74) is 1.53. The maximum atomic E-state index is 2.68. The largest absolute Gasteiger partial charge is 0.306 e. The SMILES string of the molecule is C[Si](C)(Cc1ccccc1)CN1CCCC1.Cl. The van der Waals surface area contributed by atoms with Gasteiger partial charge in [0, 0.05) is 0 Å². The van der Waals surface area contributed by atoms with Gasteiger partial charge in [0.15, 0.2) is 0 Å². The second-order valence-corrected chi connectivity index (χ2v) is 10.8. The van der Waals surface area contributed by atoms with Crippen LogP contribution in [0.15, 0.2) is 30.3 Å². The molecular formula is C14H24ClNSi. The third-order valence-electron chi connectivity index (χ3n) is 3.38. The first kappa shape index (κ1) is 14.7. The van der Waals surface area contributed by atoms with Gasteiger partial charge in [0.2, 0.25) is 0 Å². The van der Waals surface area contributed by atoms with Gasteiger partial charge in [-0.3, -0.25) is 0 Å². The third-order valence-corrected chi connectivity index (χ3v) is 6.04. The van der Waals surface area contributed by atoms with E-state index in [1.807, 2.05) is 0 Å². The van der Waals surface area contributed by atoms with Crippen molar-refractivity contribution in [1.82, 2.24) is 4.90 Å².